The van der Waals surface area contributed by atoms with Crippen molar-refractivity contribution in [3.63, 3.8) is 0 Å². The Labute approximate surface area is 352 Å². The molecule has 0 saturated heterocycles. The van der Waals surface area contributed by atoms with Crippen LogP contribution in [0, 0.1) is 22.5 Å². The van der Waals surface area contributed by atoms with Crippen LogP contribution in [0.1, 0.15) is 79.1 Å². The third kappa shape index (κ3) is 9.93. The van der Waals surface area contributed by atoms with Crippen LogP contribution in [0.3, 0.4) is 0 Å². The van der Waals surface area contributed by atoms with Gasteiger partial charge in [-0.3, -0.25) is 0 Å². The first kappa shape index (κ1) is 45.6. The van der Waals surface area contributed by atoms with Crippen LogP contribution in [0.2, 0.25) is 0 Å². The molecule has 0 aromatic heterocycles. The van der Waals surface area contributed by atoms with Gasteiger partial charge in [-0.2, -0.15) is 0 Å². The first-order valence-corrected chi connectivity index (χ1v) is 25.6. The third-order valence-corrected chi connectivity index (χ3v) is 17.2. The molecule has 6 rings (SSSR count). The first-order valence-electron chi connectivity index (χ1n) is 19.8. The summed E-state index contributed by atoms with van der Waals surface area (Å²) in [6.45, 7) is 9.33. The minimum Gasteiger partial charge on any atom is -0.507 e. The van der Waals surface area contributed by atoms with Gasteiger partial charge in [0, 0.05) is 47.4 Å². The summed E-state index contributed by atoms with van der Waals surface area (Å²) in [5.41, 5.74) is 1.75. The van der Waals surface area contributed by atoms with Crippen LogP contribution in [-0.4, -0.2) is 64.2 Å². The largest absolute Gasteiger partial charge is 0.507 e. The van der Waals surface area contributed by atoms with Gasteiger partial charge in [0.2, 0.25) is 0 Å². The Morgan fingerprint density at radius 2 is 0.948 bits per heavy atom. The summed E-state index contributed by atoms with van der Waals surface area (Å²) < 4.78 is 80.8. The molecule has 58 heavy (non-hydrogen) atoms. The van der Waals surface area contributed by atoms with Gasteiger partial charge < -0.3 is 20.0 Å². The molecule has 2 N–H and O–H groups in total. The Morgan fingerprint density at radius 3 is 1.24 bits per heavy atom. The Bertz CT molecular complexity index is 2110. The molecule has 0 unspecified atom stereocenters. The number of fused-ring (bicyclic) bond motifs is 2. The lowest BCUT2D eigenvalue weighted by Gasteiger charge is -2.36. The third-order valence-electron chi connectivity index (χ3n) is 11.6. The van der Waals surface area contributed by atoms with Crippen molar-refractivity contribution in [2.75, 3.05) is 46.9 Å². The molecule has 0 spiro atoms. The van der Waals surface area contributed by atoms with Crippen molar-refractivity contribution in [2.24, 2.45) is 10.8 Å². The average Bonchev–Trinajstić information content (AvgIpc) is 3.36. The smallest absolute Gasteiger partial charge is 0.181 e. The van der Waals surface area contributed by atoms with Crippen molar-refractivity contribution in [3.05, 3.63) is 84.4 Å². The second kappa shape index (κ2) is 18.9. The molecular formula is C44H56F2N2O6S4. The number of unbranched alkanes of at least 4 members (excludes halogenated alkanes) is 2. The van der Waals surface area contributed by atoms with Gasteiger partial charge in [0.15, 0.2) is 19.7 Å². The molecule has 0 amide bonds. The van der Waals surface area contributed by atoms with Crippen LogP contribution < -0.4 is 9.80 Å². The van der Waals surface area contributed by atoms with Gasteiger partial charge in [0.1, 0.15) is 23.1 Å². The number of aromatic hydroxyl groups is 2. The Balaban J connectivity index is 0.000000221. The van der Waals surface area contributed by atoms with Crippen LogP contribution in [0.15, 0.2) is 92.4 Å². The van der Waals surface area contributed by atoms with Gasteiger partial charge in [-0.1, -0.05) is 53.4 Å². The van der Waals surface area contributed by atoms with Crippen LogP contribution in [0.25, 0.3) is 0 Å². The number of rotatable bonds is 12. The Hall–Kier alpha value is -3.46. The van der Waals surface area contributed by atoms with E-state index in [1.807, 2.05) is 36.2 Å². The molecule has 4 aromatic carbocycles. The van der Waals surface area contributed by atoms with Gasteiger partial charge >= 0.3 is 0 Å². The molecule has 2 aliphatic rings. The van der Waals surface area contributed by atoms with E-state index < -0.39 is 30.5 Å². The zero-order valence-electron chi connectivity index (χ0n) is 34.2. The molecular weight excluding hydrogens is 819 g/mol. The van der Waals surface area contributed by atoms with Crippen LogP contribution in [0.4, 0.5) is 31.5 Å². The molecule has 2 atom stereocenters. The van der Waals surface area contributed by atoms with E-state index in [-0.39, 0.29) is 44.4 Å². The quantitative estimate of drug-likeness (QED) is 0.133. The van der Waals surface area contributed by atoms with E-state index in [1.165, 1.54) is 59.9 Å². The standard InChI is InChI=1S/2C22H28FNO3S2/c2*1-4-6-11-22(5-2)14-24(17-9-7-16(23)8-10-17)18-12-20(28-3)19(25)13-21(18)29(26,27)15-22/h2*7-10,12-13,25H,4-6,11,14-15H2,1-3H3/t2*22-/m10/s1. The summed E-state index contributed by atoms with van der Waals surface area (Å²) in [5, 5.41) is 20.7. The number of thioether (sulfide) groups is 2. The predicted octanol–water partition coefficient (Wildman–Crippen LogP) is 11.5. The zero-order valence-corrected chi connectivity index (χ0v) is 37.5. The minimum absolute atomic E-state index is 0.0311. The SMILES string of the molecule is CCCC[C@@]1(CC)CN(c2ccc(F)cc2)c2cc(SC)c(O)cc2S(=O)(=O)C1.CCCC[C@]1(CC)CN(c2ccc(F)cc2)c2cc(SC)c(O)cc2S(=O)(=O)C1. The summed E-state index contributed by atoms with van der Waals surface area (Å²) >= 11 is 2.73. The molecule has 316 valence electrons. The fraction of sp³-hybridized carbons (Fsp3) is 0.455. The molecule has 14 heteroatoms. The molecule has 2 aliphatic heterocycles. The number of phenols is 2. The number of phenolic OH excluding ortho intramolecular Hbond substituents is 2. The highest BCUT2D eigenvalue weighted by Crippen LogP contribution is 2.49. The number of benzene rings is 4. The minimum atomic E-state index is -3.61. The van der Waals surface area contributed by atoms with Crippen molar-refractivity contribution in [1.82, 2.24) is 0 Å². The van der Waals surface area contributed by atoms with E-state index in [0.29, 0.717) is 34.3 Å². The maximum Gasteiger partial charge on any atom is 0.181 e. The molecule has 0 fully saturated rings. The second-order valence-corrected chi connectivity index (χ2v) is 21.2. The Morgan fingerprint density at radius 1 is 0.603 bits per heavy atom. The molecule has 0 aliphatic carbocycles. The van der Waals surface area contributed by atoms with Gasteiger partial charge in [-0.25, -0.2) is 25.6 Å². The van der Waals surface area contributed by atoms with E-state index in [9.17, 15) is 35.8 Å². The lowest BCUT2D eigenvalue weighted by molar-refractivity contribution is 0.290. The van der Waals surface area contributed by atoms with E-state index in [1.54, 1.807) is 36.4 Å². The summed E-state index contributed by atoms with van der Waals surface area (Å²) in [6.07, 6.45) is 10.6. The first-order chi connectivity index (χ1) is 27.5. The van der Waals surface area contributed by atoms with Crippen molar-refractivity contribution < 1.29 is 35.8 Å². The predicted molar refractivity (Wildman–Crippen MR) is 235 cm³/mol. The average molecular weight is 875 g/mol. The molecule has 0 radical (unpaired) electrons. The highest BCUT2D eigenvalue weighted by molar-refractivity contribution is 7.99. The zero-order chi connectivity index (χ0) is 42.5. The van der Waals surface area contributed by atoms with Crippen LogP contribution >= 0.6 is 23.5 Å². The fourth-order valence-corrected chi connectivity index (χ4v) is 13.5. The lowest BCUT2D eigenvalue weighted by Crippen LogP contribution is -2.37. The summed E-state index contributed by atoms with van der Waals surface area (Å²) in [5.74, 6) is -0.648. The number of anilines is 4. The summed E-state index contributed by atoms with van der Waals surface area (Å²) in [7, 11) is -7.22. The maximum absolute atomic E-state index is 13.6. The monoisotopic (exact) mass is 874 g/mol. The van der Waals surface area contributed by atoms with Crippen molar-refractivity contribution in [2.45, 2.75) is 98.6 Å². The summed E-state index contributed by atoms with van der Waals surface area (Å²) in [4.78, 5) is 5.48. The van der Waals surface area contributed by atoms with Crippen LogP contribution in [-0.2, 0) is 19.7 Å². The molecule has 4 aromatic rings. The number of sulfone groups is 2. The van der Waals surface area contributed by atoms with E-state index in [0.717, 1.165) is 62.7 Å². The van der Waals surface area contributed by atoms with Gasteiger partial charge in [-0.15, -0.1) is 23.5 Å². The topological polar surface area (TPSA) is 115 Å². The number of hydrogen-bond acceptors (Lipinski definition) is 10. The molecule has 2 heterocycles. The molecule has 8 nitrogen and oxygen atoms in total. The number of nitrogens with zero attached hydrogens (tertiary/aromatic N) is 2. The number of hydrogen-bond donors (Lipinski definition) is 2. The van der Waals surface area contributed by atoms with Gasteiger partial charge in [-0.05, 0) is 98.9 Å². The van der Waals surface area contributed by atoms with Crippen molar-refractivity contribution >= 4 is 65.9 Å². The van der Waals surface area contributed by atoms with Crippen molar-refractivity contribution in [3.8, 4) is 11.5 Å². The normalized spacial score (nSPS) is 20.9. The lowest BCUT2D eigenvalue weighted by atomic mass is 9.81. The Kier molecular flexibility index (Phi) is 14.8. The molecule has 0 saturated carbocycles. The van der Waals surface area contributed by atoms with Crippen LogP contribution in [0.5, 0.6) is 11.5 Å². The highest BCUT2D eigenvalue weighted by atomic mass is 32.2. The van der Waals surface area contributed by atoms with Gasteiger partial charge in [0.25, 0.3) is 0 Å². The molecule has 0 bridgehead atoms. The summed E-state index contributed by atoms with van der Waals surface area (Å²) in [6, 6.07) is 18.5. The van der Waals surface area contributed by atoms with Gasteiger partial charge in [0.05, 0.1) is 42.5 Å². The van der Waals surface area contributed by atoms with E-state index in [2.05, 4.69) is 13.8 Å². The van der Waals surface area contributed by atoms with Crippen molar-refractivity contribution in [1.29, 1.82) is 0 Å². The fourth-order valence-electron chi connectivity index (χ4n) is 8.11. The second-order valence-electron chi connectivity index (χ2n) is 15.5. The van der Waals surface area contributed by atoms with E-state index in [4.69, 9.17) is 0 Å². The van der Waals surface area contributed by atoms with E-state index >= 15 is 0 Å². The number of halogens is 2. The maximum atomic E-state index is 13.6. The highest BCUT2D eigenvalue weighted by Gasteiger charge is 2.43.